The molecule has 1 saturated heterocycles. The third-order valence-corrected chi connectivity index (χ3v) is 3.88. The van der Waals surface area contributed by atoms with Gasteiger partial charge in [0.1, 0.15) is 11.6 Å². The summed E-state index contributed by atoms with van der Waals surface area (Å²) in [6.45, 7) is 9.51. The molecule has 1 heterocycles. The van der Waals surface area contributed by atoms with E-state index in [1.165, 1.54) is 4.90 Å². The Labute approximate surface area is 148 Å². The summed E-state index contributed by atoms with van der Waals surface area (Å²) in [7, 11) is 0. The number of amides is 1. The molecule has 1 aliphatic heterocycles. The number of carboxylic acids is 1. The monoisotopic (exact) mass is 347 g/mol. The average molecular weight is 347 g/mol. The van der Waals surface area contributed by atoms with Crippen molar-refractivity contribution in [3.63, 3.8) is 0 Å². The van der Waals surface area contributed by atoms with Gasteiger partial charge in [-0.05, 0) is 31.9 Å². The smallest absolute Gasteiger partial charge is 0.411 e. The zero-order valence-corrected chi connectivity index (χ0v) is 14.9. The van der Waals surface area contributed by atoms with E-state index in [9.17, 15) is 14.7 Å². The van der Waals surface area contributed by atoms with Crippen molar-refractivity contribution in [3.8, 4) is 0 Å². The van der Waals surface area contributed by atoms with E-state index in [0.29, 0.717) is 6.61 Å². The summed E-state index contributed by atoms with van der Waals surface area (Å²) < 4.78 is 11.1. The Morgan fingerprint density at radius 3 is 2.48 bits per heavy atom. The summed E-state index contributed by atoms with van der Waals surface area (Å²) >= 11 is 0. The Balaban J connectivity index is 1.97. The van der Waals surface area contributed by atoms with Crippen LogP contribution in [0.2, 0.25) is 0 Å². The molecule has 0 saturated carbocycles. The van der Waals surface area contributed by atoms with Gasteiger partial charge < -0.3 is 14.6 Å². The van der Waals surface area contributed by atoms with E-state index >= 15 is 0 Å². The van der Waals surface area contributed by atoms with Crippen molar-refractivity contribution in [3.05, 3.63) is 42.0 Å². The predicted molar refractivity (Wildman–Crippen MR) is 94.1 cm³/mol. The van der Waals surface area contributed by atoms with Crippen LogP contribution in [0.25, 0.3) is 6.08 Å². The van der Waals surface area contributed by atoms with E-state index in [1.54, 1.807) is 26.8 Å². The summed E-state index contributed by atoms with van der Waals surface area (Å²) in [6, 6.07) is 6.82. The fourth-order valence-electron chi connectivity index (χ4n) is 2.64. The van der Waals surface area contributed by atoms with E-state index in [-0.39, 0.29) is 19.1 Å². The summed E-state index contributed by atoms with van der Waals surface area (Å²) in [5, 5.41) is 9.38. The second-order valence-corrected chi connectivity index (χ2v) is 7.10. The molecule has 25 heavy (non-hydrogen) atoms. The van der Waals surface area contributed by atoms with Gasteiger partial charge in [0.15, 0.2) is 0 Å². The van der Waals surface area contributed by atoms with E-state index in [1.807, 2.05) is 24.3 Å². The van der Waals surface area contributed by atoms with E-state index < -0.39 is 23.7 Å². The highest BCUT2D eigenvalue weighted by Gasteiger charge is 2.42. The van der Waals surface area contributed by atoms with Crippen molar-refractivity contribution in [2.75, 3.05) is 6.54 Å². The number of rotatable bonds is 5. The van der Waals surface area contributed by atoms with E-state index in [4.69, 9.17) is 9.47 Å². The molecule has 0 aliphatic carbocycles. The van der Waals surface area contributed by atoms with Crippen LogP contribution in [0.15, 0.2) is 30.8 Å². The Hall–Kier alpha value is -2.34. The van der Waals surface area contributed by atoms with Gasteiger partial charge in [-0.1, -0.05) is 36.9 Å². The van der Waals surface area contributed by atoms with Crippen LogP contribution in [0.5, 0.6) is 0 Å². The van der Waals surface area contributed by atoms with Crippen molar-refractivity contribution >= 4 is 18.1 Å². The van der Waals surface area contributed by atoms with Crippen molar-refractivity contribution < 1.29 is 24.2 Å². The van der Waals surface area contributed by atoms with Crippen molar-refractivity contribution in [2.45, 2.75) is 51.5 Å². The van der Waals surface area contributed by atoms with E-state index in [2.05, 4.69) is 6.58 Å². The van der Waals surface area contributed by atoms with Gasteiger partial charge in [-0.15, -0.1) is 0 Å². The molecule has 1 amide bonds. The standard InChI is InChI=1S/C19H25NO5/c1-5-13-6-8-14(9-7-13)12-24-15-10-16(17(21)22)20(11-15)18(23)25-19(2,3)4/h5-9,15-16H,1,10-12H2,2-4H3,(H,21,22)/t15-,16-/m0/s1. The Bertz CT molecular complexity index is 632. The molecule has 0 spiro atoms. The fraction of sp³-hybridized carbons (Fsp3) is 0.474. The molecule has 0 aromatic heterocycles. The second kappa shape index (κ2) is 7.70. The molecular formula is C19H25NO5. The zero-order valence-electron chi connectivity index (χ0n) is 14.9. The molecule has 1 aromatic rings. The number of carbonyl (C=O) groups is 2. The lowest BCUT2D eigenvalue weighted by molar-refractivity contribution is -0.142. The maximum absolute atomic E-state index is 12.2. The zero-order chi connectivity index (χ0) is 18.6. The van der Waals surface area contributed by atoms with Crippen molar-refractivity contribution in [1.29, 1.82) is 0 Å². The summed E-state index contributed by atoms with van der Waals surface area (Å²) in [5.74, 6) is -1.05. The molecule has 1 aromatic carbocycles. The number of benzene rings is 1. The largest absolute Gasteiger partial charge is 0.480 e. The number of hydrogen-bond donors (Lipinski definition) is 1. The van der Waals surface area contributed by atoms with Gasteiger partial charge in [-0.3, -0.25) is 4.90 Å². The van der Waals surface area contributed by atoms with Crippen LogP contribution in [0.3, 0.4) is 0 Å². The molecule has 2 rings (SSSR count). The highest BCUT2D eigenvalue weighted by molar-refractivity contribution is 5.81. The highest BCUT2D eigenvalue weighted by Crippen LogP contribution is 2.24. The normalized spacial score (nSPS) is 20.4. The van der Waals surface area contributed by atoms with Gasteiger partial charge in [0, 0.05) is 6.42 Å². The van der Waals surface area contributed by atoms with Crippen molar-refractivity contribution in [2.24, 2.45) is 0 Å². The Morgan fingerprint density at radius 2 is 1.96 bits per heavy atom. The highest BCUT2D eigenvalue weighted by atomic mass is 16.6. The number of carboxylic acid groups (broad SMARTS) is 1. The minimum atomic E-state index is -1.05. The third-order valence-electron chi connectivity index (χ3n) is 3.88. The first-order chi connectivity index (χ1) is 11.7. The van der Waals surface area contributed by atoms with E-state index in [0.717, 1.165) is 11.1 Å². The van der Waals surface area contributed by atoms with Crippen LogP contribution < -0.4 is 0 Å². The lowest BCUT2D eigenvalue weighted by Crippen LogP contribution is -2.43. The maximum atomic E-state index is 12.2. The first-order valence-corrected chi connectivity index (χ1v) is 8.25. The first-order valence-electron chi connectivity index (χ1n) is 8.25. The minimum absolute atomic E-state index is 0.205. The second-order valence-electron chi connectivity index (χ2n) is 7.10. The topological polar surface area (TPSA) is 76.1 Å². The number of likely N-dealkylation sites (tertiary alicyclic amines) is 1. The lowest BCUT2D eigenvalue weighted by Gasteiger charge is -2.26. The van der Waals surface area contributed by atoms with Crippen molar-refractivity contribution in [1.82, 2.24) is 4.90 Å². The lowest BCUT2D eigenvalue weighted by atomic mass is 10.1. The first kappa shape index (κ1) is 19.0. The molecule has 0 unspecified atom stereocenters. The van der Waals surface area contributed by atoms with Crippen LogP contribution in [-0.2, 0) is 20.9 Å². The van der Waals surface area contributed by atoms with Crippen LogP contribution in [-0.4, -0.2) is 46.4 Å². The van der Waals surface area contributed by atoms with Gasteiger partial charge in [0.25, 0.3) is 0 Å². The SMILES string of the molecule is C=Cc1ccc(CO[C@H]2C[C@@H](C(=O)O)N(C(=O)OC(C)(C)C)C2)cc1. The van der Waals surface area contributed by atoms with Gasteiger partial charge >= 0.3 is 12.1 Å². The number of aliphatic carboxylic acids is 1. The summed E-state index contributed by atoms with van der Waals surface area (Å²) in [4.78, 5) is 24.9. The number of hydrogen-bond acceptors (Lipinski definition) is 4. The number of carbonyl (C=O) groups excluding carboxylic acids is 1. The van der Waals surface area contributed by atoms with Crippen LogP contribution in [0.4, 0.5) is 4.79 Å². The molecule has 0 radical (unpaired) electrons. The third kappa shape index (κ3) is 5.32. The number of ether oxygens (including phenoxy) is 2. The summed E-state index contributed by atoms with van der Waals surface area (Å²) in [5.41, 5.74) is 1.33. The molecule has 1 fully saturated rings. The van der Waals surface area contributed by atoms with Gasteiger partial charge in [0.2, 0.25) is 0 Å². The summed E-state index contributed by atoms with van der Waals surface area (Å²) in [6.07, 6.45) is 1.05. The molecule has 6 heteroatoms. The molecule has 2 atom stereocenters. The maximum Gasteiger partial charge on any atom is 0.411 e. The molecule has 136 valence electrons. The molecule has 0 bridgehead atoms. The Morgan fingerprint density at radius 1 is 1.32 bits per heavy atom. The quantitative estimate of drug-likeness (QED) is 0.884. The Kier molecular flexibility index (Phi) is 5.85. The minimum Gasteiger partial charge on any atom is -0.480 e. The molecular weight excluding hydrogens is 322 g/mol. The van der Waals surface area contributed by atoms with Crippen LogP contribution in [0.1, 0.15) is 38.3 Å². The molecule has 1 N–H and O–H groups in total. The van der Waals surface area contributed by atoms with Crippen LogP contribution >= 0.6 is 0 Å². The predicted octanol–water partition coefficient (Wildman–Crippen LogP) is 3.31. The molecule has 1 aliphatic rings. The molecule has 6 nitrogen and oxygen atoms in total. The van der Waals surface area contributed by atoms with Gasteiger partial charge in [0.05, 0.1) is 19.3 Å². The number of nitrogens with zero attached hydrogens (tertiary/aromatic N) is 1. The van der Waals surface area contributed by atoms with Gasteiger partial charge in [-0.25, -0.2) is 9.59 Å². The fourth-order valence-corrected chi connectivity index (χ4v) is 2.64. The van der Waals surface area contributed by atoms with Crippen LogP contribution in [0, 0.1) is 0 Å². The average Bonchev–Trinajstić information content (AvgIpc) is 2.96. The van der Waals surface area contributed by atoms with Gasteiger partial charge in [-0.2, -0.15) is 0 Å².